The number of anilines is 1. The molecule has 2 N–H and O–H groups in total. The summed E-state index contributed by atoms with van der Waals surface area (Å²) in [5, 5.41) is 0. The van der Waals surface area contributed by atoms with Gasteiger partial charge < -0.3 is 24.5 Å². The van der Waals surface area contributed by atoms with Crippen LogP contribution in [0, 0.1) is 0 Å². The molecule has 0 amide bonds. The van der Waals surface area contributed by atoms with Gasteiger partial charge in [0.15, 0.2) is 17.3 Å². The minimum Gasteiger partial charge on any atom is -0.493 e. The van der Waals surface area contributed by atoms with E-state index >= 15 is 0 Å². The fourth-order valence-electron chi connectivity index (χ4n) is 3.69. The number of ketones is 1. The smallest absolute Gasteiger partial charge is 0.203 e. The SMILES string of the molecule is COc1cc(C(=O)c2cn(-c3cccc(N)c3)cc2-c2ccccc2)cc(OC)c1OC. The van der Waals surface area contributed by atoms with E-state index in [1.165, 1.54) is 21.3 Å². The van der Waals surface area contributed by atoms with Crippen LogP contribution in [0.1, 0.15) is 15.9 Å². The van der Waals surface area contributed by atoms with Gasteiger partial charge in [0.05, 0.1) is 21.3 Å². The van der Waals surface area contributed by atoms with E-state index in [0.717, 1.165) is 16.8 Å². The first-order valence-corrected chi connectivity index (χ1v) is 10.0. The Balaban J connectivity index is 1.88. The predicted octanol–water partition coefficient (Wildman–Crippen LogP) is 4.98. The van der Waals surface area contributed by atoms with Crippen molar-refractivity contribution in [3.63, 3.8) is 0 Å². The summed E-state index contributed by atoms with van der Waals surface area (Å²) in [7, 11) is 4.58. The van der Waals surface area contributed by atoms with E-state index in [-0.39, 0.29) is 5.78 Å². The molecule has 0 radical (unpaired) electrons. The molecule has 0 saturated heterocycles. The van der Waals surface area contributed by atoms with E-state index in [9.17, 15) is 4.79 Å². The van der Waals surface area contributed by atoms with Crippen LogP contribution in [0.15, 0.2) is 79.1 Å². The monoisotopic (exact) mass is 428 g/mol. The van der Waals surface area contributed by atoms with Gasteiger partial charge in [-0.05, 0) is 35.9 Å². The number of nitrogens with two attached hydrogens (primary N) is 1. The van der Waals surface area contributed by atoms with Gasteiger partial charge in [0.1, 0.15) is 0 Å². The van der Waals surface area contributed by atoms with E-state index in [1.807, 2.05) is 71.6 Å². The molecule has 162 valence electrons. The fraction of sp³-hybridized carbons (Fsp3) is 0.115. The minimum atomic E-state index is -0.161. The molecule has 1 aromatic heterocycles. The minimum absolute atomic E-state index is 0.161. The molecule has 0 aliphatic carbocycles. The molecule has 4 aromatic rings. The van der Waals surface area contributed by atoms with Crippen LogP contribution in [0.3, 0.4) is 0 Å². The number of aromatic nitrogens is 1. The van der Waals surface area contributed by atoms with E-state index in [0.29, 0.717) is 34.1 Å². The van der Waals surface area contributed by atoms with Gasteiger partial charge in [-0.2, -0.15) is 0 Å². The molecule has 6 heteroatoms. The molecule has 0 fully saturated rings. The highest BCUT2D eigenvalue weighted by atomic mass is 16.5. The summed E-state index contributed by atoms with van der Waals surface area (Å²) in [5.41, 5.74) is 10.2. The molecule has 0 unspecified atom stereocenters. The lowest BCUT2D eigenvalue weighted by Crippen LogP contribution is -2.04. The summed E-state index contributed by atoms with van der Waals surface area (Å²) < 4.78 is 18.2. The maximum atomic E-state index is 13.7. The van der Waals surface area contributed by atoms with Gasteiger partial charge in [-0.3, -0.25) is 4.79 Å². The van der Waals surface area contributed by atoms with E-state index < -0.39 is 0 Å². The molecule has 0 spiro atoms. The number of nitrogens with zero attached hydrogens (tertiary/aromatic N) is 1. The maximum absolute atomic E-state index is 13.7. The van der Waals surface area contributed by atoms with Crippen molar-refractivity contribution >= 4 is 11.5 Å². The summed E-state index contributed by atoms with van der Waals surface area (Å²) in [6.07, 6.45) is 3.76. The molecular weight excluding hydrogens is 404 g/mol. The first-order chi connectivity index (χ1) is 15.5. The van der Waals surface area contributed by atoms with Crippen LogP contribution in [-0.2, 0) is 0 Å². The van der Waals surface area contributed by atoms with Gasteiger partial charge in [0.25, 0.3) is 0 Å². The number of rotatable bonds is 7. The van der Waals surface area contributed by atoms with Crippen molar-refractivity contribution in [1.82, 2.24) is 4.57 Å². The highest BCUT2D eigenvalue weighted by Crippen LogP contribution is 2.39. The molecule has 32 heavy (non-hydrogen) atoms. The van der Waals surface area contributed by atoms with Gasteiger partial charge >= 0.3 is 0 Å². The van der Waals surface area contributed by atoms with Gasteiger partial charge in [-0.15, -0.1) is 0 Å². The van der Waals surface area contributed by atoms with E-state index in [4.69, 9.17) is 19.9 Å². The fourth-order valence-corrected chi connectivity index (χ4v) is 3.69. The second kappa shape index (κ2) is 8.89. The average Bonchev–Trinajstić information content (AvgIpc) is 3.28. The molecule has 6 nitrogen and oxygen atoms in total. The zero-order valence-electron chi connectivity index (χ0n) is 18.2. The molecule has 0 saturated carbocycles. The predicted molar refractivity (Wildman–Crippen MR) is 125 cm³/mol. The van der Waals surface area contributed by atoms with Gasteiger partial charge in [-0.25, -0.2) is 0 Å². The quantitative estimate of drug-likeness (QED) is 0.332. The Bertz CT molecular complexity index is 1240. The Morgan fingerprint density at radius 3 is 2.09 bits per heavy atom. The standard InChI is InChI=1S/C26H24N2O4/c1-30-23-12-18(13-24(31-2)26(23)32-3)25(29)22-16-28(20-11-7-10-19(27)14-20)15-21(22)17-8-5-4-6-9-17/h4-16H,27H2,1-3H3. The molecule has 0 aliphatic heterocycles. The van der Waals surface area contributed by atoms with Crippen LogP contribution in [0.4, 0.5) is 5.69 Å². The number of benzene rings is 3. The highest BCUT2D eigenvalue weighted by molar-refractivity contribution is 6.13. The number of nitrogen functional groups attached to an aromatic ring is 1. The molecule has 1 heterocycles. The van der Waals surface area contributed by atoms with Crippen molar-refractivity contribution in [1.29, 1.82) is 0 Å². The highest BCUT2D eigenvalue weighted by Gasteiger charge is 2.22. The Hall–Kier alpha value is -4.19. The van der Waals surface area contributed by atoms with Gasteiger partial charge in [0, 0.05) is 40.5 Å². The third-order valence-corrected chi connectivity index (χ3v) is 5.25. The second-order valence-corrected chi connectivity index (χ2v) is 7.20. The molecular formula is C26H24N2O4. The number of methoxy groups -OCH3 is 3. The largest absolute Gasteiger partial charge is 0.493 e. The Morgan fingerprint density at radius 1 is 0.812 bits per heavy atom. The number of hydrogen-bond acceptors (Lipinski definition) is 5. The first kappa shape index (κ1) is 21.1. The summed E-state index contributed by atoms with van der Waals surface area (Å²) in [4.78, 5) is 13.7. The number of carbonyl (C=O) groups is 1. The zero-order chi connectivity index (χ0) is 22.7. The van der Waals surface area contributed by atoms with Crippen molar-refractivity contribution in [2.45, 2.75) is 0 Å². The van der Waals surface area contributed by atoms with Crippen molar-refractivity contribution < 1.29 is 19.0 Å². The summed E-state index contributed by atoms with van der Waals surface area (Å²) in [6.45, 7) is 0. The Morgan fingerprint density at radius 2 is 1.50 bits per heavy atom. The lowest BCUT2D eigenvalue weighted by Gasteiger charge is -2.14. The maximum Gasteiger partial charge on any atom is 0.203 e. The van der Waals surface area contributed by atoms with Crippen LogP contribution < -0.4 is 19.9 Å². The van der Waals surface area contributed by atoms with E-state index in [2.05, 4.69) is 0 Å². The van der Waals surface area contributed by atoms with Crippen LogP contribution in [0.25, 0.3) is 16.8 Å². The lowest BCUT2D eigenvalue weighted by molar-refractivity contribution is 0.103. The van der Waals surface area contributed by atoms with Crippen molar-refractivity contribution in [2.24, 2.45) is 0 Å². The zero-order valence-corrected chi connectivity index (χ0v) is 18.2. The average molecular weight is 428 g/mol. The number of carbonyl (C=O) groups excluding carboxylic acids is 1. The molecule has 0 atom stereocenters. The Kier molecular flexibility index (Phi) is 5.85. The molecule has 4 rings (SSSR count). The van der Waals surface area contributed by atoms with Crippen LogP contribution in [0.2, 0.25) is 0 Å². The van der Waals surface area contributed by atoms with Crippen LogP contribution >= 0.6 is 0 Å². The summed E-state index contributed by atoms with van der Waals surface area (Å²) in [6, 6.07) is 20.6. The van der Waals surface area contributed by atoms with Crippen molar-refractivity contribution in [3.05, 3.63) is 90.3 Å². The molecule has 0 aliphatic rings. The second-order valence-electron chi connectivity index (χ2n) is 7.20. The number of ether oxygens (including phenoxy) is 3. The molecule has 3 aromatic carbocycles. The lowest BCUT2D eigenvalue weighted by atomic mass is 9.97. The third kappa shape index (κ3) is 3.90. The Labute approximate surface area is 186 Å². The molecule has 0 bridgehead atoms. The van der Waals surface area contributed by atoms with Crippen LogP contribution in [-0.4, -0.2) is 31.7 Å². The van der Waals surface area contributed by atoms with Crippen LogP contribution in [0.5, 0.6) is 17.2 Å². The topological polar surface area (TPSA) is 75.7 Å². The van der Waals surface area contributed by atoms with E-state index in [1.54, 1.807) is 12.1 Å². The summed E-state index contributed by atoms with van der Waals surface area (Å²) in [5.74, 6) is 1.12. The van der Waals surface area contributed by atoms with Gasteiger partial charge in [-0.1, -0.05) is 36.4 Å². The third-order valence-electron chi connectivity index (χ3n) is 5.25. The van der Waals surface area contributed by atoms with Gasteiger partial charge in [0.2, 0.25) is 5.75 Å². The first-order valence-electron chi connectivity index (χ1n) is 10.0. The number of hydrogen-bond donors (Lipinski definition) is 1. The van der Waals surface area contributed by atoms with Crippen molar-refractivity contribution in [3.8, 4) is 34.1 Å². The normalized spacial score (nSPS) is 10.6. The summed E-state index contributed by atoms with van der Waals surface area (Å²) >= 11 is 0. The van der Waals surface area contributed by atoms with Crippen molar-refractivity contribution in [2.75, 3.05) is 27.1 Å².